The Labute approximate surface area is 161 Å². The Morgan fingerprint density at radius 3 is 2.48 bits per heavy atom. The van der Waals surface area contributed by atoms with E-state index in [1.807, 2.05) is 17.0 Å². The molecule has 1 unspecified atom stereocenters. The predicted octanol–water partition coefficient (Wildman–Crippen LogP) is 3.05. The van der Waals surface area contributed by atoms with Gasteiger partial charge in [-0.15, -0.1) is 0 Å². The molecule has 1 aliphatic carbocycles. The molecule has 1 saturated carbocycles. The average molecular weight is 375 g/mol. The van der Waals surface area contributed by atoms with Crippen LogP contribution in [-0.2, 0) is 11.3 Å². The Morgan fingerprint density at radius 2 is 1.85 bits per heavy atom. The molecule has 3 aliphatic rings. The van der Waals surface area contributed by atoms with Gasteiger partial charge in [0.2, 0.25) is 5.91 Å². The number of aliphatic hydroxyl groups excluding tert-OH is 1. The van der Waals surface area contributed by atoms with Crippen molar-refractivity contribution in [3.8, 4) is 0 Å². The van der Waals surface area contributed by atoms with Crippen LogP contribution in [0.4, 0.5) is 4.39 Å². The van der Waals surface area contributed by atoms with Crippen molar-refractivity contribution in [2.75, 3.05) is 32.8 Å². The number of hydrogen-bond donors (Lipinski definition) is 1. The molecule has 0 aromatic heterocycles. The molecule has 148 valence electrons. The topological polar surface area (TPSA) is 43.8 Å². The molecule has 4 rings (SSSR count). The molecule has 5 heteroatoms. The van der Waals surface area contributed by atoms with Crippen molar-refractivity contribution in [1.29, 1.82) is 0 Å². The van der Waals surface area contributed by atoms with Crippen molar-refractivity contribution >= 4 is 5.91 Å². The molecule has 1 amide bonds. The molecule has 2 saturated heterocycles. The first-order valence-corrected chi connectivity index (χ1v) is 10.5. The normalized spacial score (nSPS) is 26.1. The van der Waals surface area contributed by atoms with Crippen LogP contribution in [0.15, 0.2) is 24.3 Å². The van der Waals surface area contributed by atoms with E-state index in [1.165, 1.54) is 12.5 Å². The number of halogens is 1. The lowest BCUT2D eigenvalue weighted by atomic mass is 9.64. The second kappa shape index (κ2) is 7.88. The van der Waals surface area contributed by atoms with Gasteiger partial charge >= 0.3 is 0 Å². The number of amides is 1. The summed E-state index contributed by atoms with van der Waals surface area (Å²) in [4.78, 5) is 16.9. The lowest BCUT2D eigenvalue weighted by Gasteiger charge is -2.52. The summed E-state index contributed by atoms with van der Waals surface area (Å²) in [7, 11) is 0. The van der Waals surface area contributed by atoms with Crippen molar-refractivity contribution in [3.05, 3.63) is 35.6 Å². The van der Waals surface area contributed by atoms with Crippen molar-refractivity contribution in [2.24, 2.45) is 17.3 Å². The fourth-order valence-electron chi connectivity index (χ4n) is 5.16. The number of piperidine rings is 2. The Bertz CT molecular complexity index is 668. The third kappa shape index (κ3) is 3.77. The van der Waals surface area contributed by atoms with E-state index in [2.05, 4.69) is 4.90 Å². The van der Waals surface area contributed by atoms with E-state index >= 15 is 0 Å². The van der Waals surface area contributed by atoms with Crippen molar-refractivity contribution in [1.82, 2.24) is 9.80 Å². The second-order valence-electron chi connectivity index (χ2n) is 8.77. The van der Waals surface area contributed by atoms with E-state index in [0.717, 1.165) is 57.3 Å². The Morgan fingerprint density at radius 1 is 1.15 bits per heavy atom. The Balaban J connectivity index is 1.35. The van der Waals surface area contributed by atoms with Crippen LogP contribution < -0.4 is 0 Å². The highest BCUT2D eigenvalue weighted by Gasteiger charge is 2.46. The molecule has 0 bridgehead atoms. The molecule has 2 heterocycles. The molecule has 1 aromatic carbocycles. The minimum absolute atomic E-state index is 0.131. The zero-order valence-corrected chi connectivity index (χ0v) is 16.1. The van der Waals surface area contributed by atoms with Gasteiger partial charge in [-0.1, -0.05) is 24.6 Å². The van der Waals surface area contributed by atoms with E-state index < -0.39 is 0 Å². The summed E-state index contributed by atoms with van der Waals surface area (Å²) >= 11 is 0. The van der Waals surface area contributed by atoms with Gasteiger partial charge in [0.15, 0.2) is 0 Å². The summed E-state index contributed by atoms with van der Waals surface area (Å²) in [5, 5.41) is 10.1. The smallest absolute Gasteiger partial charge is 0.225 e. The van der Waals surface area contributed by atoms with Crippen LogP contribution in [0.2, 0.25) is 0 Å². The van der Waals surface area contributed by atoms with Gasteiger partial charge in [-0.2, -0.15) is 0 Å². The van der Waals surface area contributed by atoms with Crippen molar-refractivity contribution < 1.29 is 14.3 Å². The monoisotopic (exact) mass is 374 g/mol. The fraction of sp³-hybridized carbons (Fsp3) is 0.682. The number of likely N-dealkylation sites (tertiary alicyclic amines) is 2. The highest BCUT2D eigenvalue weighted by atomic mass is 19.1. The lowest BCUT2D eigenvalue weighted by Crippen LogP contribution is -2.55. The maximum atomic E-state index is 13.9. The standard InChI is InChI=1S/C22H31FN2O2/c23-20-7-2-1-4-18(20)14-24-11-8-22(9-12-24)10-13-25(15-19(22)16-26)21(27)17-5-3-6-17/h1-2,4,7,17,19,26H,3,5-6,8-16H2. The molecular formula is C22H31FN2O2. The molecule has 3 fully saturated rings. The molecule has 27 heavy (non-hydrogen) atoms. The van der Waals surface area contributed by atoms with Gasteiger partial charge in [0.05, 0.1) is 0 Å². The predicted molar refractivity (Wildman–Crippen MR) is 102 cm³/mol. The van der Waals surface area contributed by atoms with E-state index in [0.29, 0.717) is 19.0 Å². The number of carbonyl (C=O) groups is 1. The molecule has 1 spiro atoms. The molecular weight excluding hydrogens is 343 g/mol. The SMILES string of the molecule is O=C(C1CCC1)N1CCC2(CCN(Cc3ccccc3F)CC2)C(CO)C1. The van der Waals surface area contributed by atoms with Gasteiger partial charge in [0.25, 0.3) is 0 Å². The van der Waals surface area contributed by atoms with E-state index in [1.54, 1.807) is 6.07 Å². The summed E-state index contributed by atoms with van der Waals surface area (Å²) in [6, 6.07) is 7.01. The van der Waals surface area contributed by atoms with Gasteiger partial charge in [-0.25, -0.2) is 4.39 Å². The summed E-state index contributed by atoms with van der Waals surface area (Å²) in [5.41, 5.74) is 0.893. The summed E-state index contributed by atoms with van der Waals surface area (Å²) in [6.07, 6.45) is 6.29. The molecule has 4 nitrogen and oxygen atoms in total. The van der Waals surface area contributed by atoms with Crippen LogP contribution >= 0.6 is 0 Å². The highest BCUT2D eigenvalue weighted by molar-refractivity contribution is 5.79. The first kappa shape index (κ1) is 18.9. The first-order valence-electron chi connectivity index (χ1n) is 10.5. The van der Waals surface area contributed by atoms with Gasteiger partial charge in [0, 0.05) is 43.6 Å². The Kier molecular flexibility index (Phi) is 5.51. The number of benzene rings is 1. The molecule has 2 aliphatic heterocycles. The summed E-state index contributed by atoms with van der Waals surface area (Å²) < 4.78 is 13.9. The minimum atomic E-state index is -0.131. The average Bonchev–Trinajstić information content (AvgIpc) is 2.64. The number of nitrogens with zero attached hydrogens (tertiary/aromatic N) is 2. The minimum Gasteiger partial charge on any atom is -0.396 e. The zero-order valence-electron chi connectivity index (χ0n) is 16.1. The Hall–Kier alpha value is -1.46. The molecule has 0 radical (unpaired) electrons. The van der Waals surface area contributed by atoms with Crippen LogP contribution in [0.5, 0.6) is 0 Å². The van der Waals surface area contributed by atoms with Crippen LogP contribution in [0.3, 0.4) is 0 Å². The van der Waals surface area contributed by atoms with E-state index in [4.69, 9.17) is 0 Å². The van der Waals surface area contributed by atoms with Crippen LogP contribution in [-0.4, -0.2) is 53.6 Å². The number of aliphatic hydroxyl groups is 1. The van der Waals surface area contributed by atoms with Crippen LogP contribution in [0.1, 0.15) is 44.1 Å². The maximum absolute atomic E-state index is 13.9. The second-order valence-corrected chi connectivity index (χ2v) is 8.77. The van der Waals surface area contributed by atoms with Crippen molar-refractivity contribution in [2.45, 2.75) is 45.1 Å². The van der Waals surface area contributed by atoms with E-state index in [-0.39, 0.29) is 29.7 Å². The van der Waals surface area contributed by atoms with Crippen LogP contribution in [0, 0.1) is 23.1 Å². The number of carbonyl (C=O) groups excluding carboxylic acids is 1. The largest absolute Gasteiger partial charge is 0.396 e. The molecule has 1 aromatic rings. The quantitative estimate of drug-likeness (QED) is 0.881. The van der Waals surface area contributed by atoms with E-state index in [9.17, 15) is 14.3 Å². The molecule has 1 atom stereocenters. The molecule has 1 N–H and O–H groups in total. The van der Waals surface area contributed by atoms with Crippen LogP contribution in [0.25, 0.3) is 0 Å². The number of rotatable bonds is 4. The zero-order chi connectivity index (χ0) is 18.9. The van der Waals surface area contributed by atoms with Crippen molar-refractivity contribution in [3.63, 3.8) is 0 Å². The van der Waals surface area contributed by atoms with Gasteiger partial charge < -0.3 is 10.0 Å². The fourth-order valence-corrected chi connectivity index (χ4v) is 5.16. The summed E-state index contributed by atoms with van der Waals surface area (Å²) in [5.74, 6) is 0.590. The van der Waals surface area contributed by atoms with Gasteiger partial charge in [0.1, 0.15) is 5.82 Å². The van der Waals surface area contributed by atoms with Gasteiger partial charge in [-0.05, 0) is 56.7 Å². The third-order valence-corrected chi connectivity index (χ3v) is 7.38. The summed E-state index contributed by atoms with van der Waals surface area (Å²) in [6.45, 7) is 4.21. The lowest BCUT2D eigenvalue weighted by molar-refractivity contribution is -0.145. The number of hydrogen-bond acceptors (Lipinski definition) is 3. The van der Waals surface area contributed by atoms with Gasteiger partial charge in [-0.3, -0.25) is 9.69 Å². The maximum Gasteiger partial charge on any atom is 0.225 e. The first-order chi connectivity index (χ1) is 13.1. The third-order valence-electron chi connectivity index (χ3n) is 7.38. The highest BCUT2D eigenvalue weighted by Crippen LogP contribution is 2.46.